The van der Waals surface area contributed by atoms with Crippen LogP contribution in [0.25, 0.3) is 0 Å². The first-order valence-electron chi connectivity index (χ1n) is 10.4. The number of hydrogen-bond donors (Lipinski definition) is 1. The summed E-state index contributed by atoms with van der Waals surface area (Å²) in [6.07, 6.45) is -0.601. The van der Waals surface area contributed by atoms with E-state index in [1.807, 2.05) is 74.5 Å². The molecule has 0 aliphatic rings. The number of benzene rings is 2. The second-order valence-corrected chi connectivity index (χ2v) is 8.59. The Morgan fingerprint density at radius 2 is 1.39 bits per heavy atom. The van der Waals surface area contributed by atoms with E-state index in [4.69, 9.17) is 14.5 Å². The number of nitrogens with zero attached hydrogens (tertiary/aromatic N) is 1. The number of rotatable bonds is 7. The van der Waals surface area contributed by atoms with Crippen molar-refractivity contribution in [3.63, 3.8) is 0 Å². The normalized spacial score (nSPS) is 13.1. The maximum absolute atomic E-state index is 12.8. The Kier molecular flexibility index (Phi) is 8.37. The van der Waals surface area contributed by atoms with Gasteiger partial charge in [0.1, 0.15) is 5.60 Å². The van der Waals surface area contributed by atoms with E-state index in [1.54, 1.807) is 20.8 Å². The van der Waals surface area contributed by atoms with Crippen LogP contribution in [-0.2, 0) is 14.3 Å². The summed E-state index contributed by atoms with van der Waals surface area (Å²) in [6, 6.07) is 17.7. The van der Waals surface area contributed by atoms with Crippen molar-refractivity contribution in [2.24, 2.45) is 10.9 Å². The van der Waals surface area contributed by atoms with E-state index in [0.717, 1.165) is 11.1 Å². The Hall–Kier alpha value is -3.15. The maximum Gasteiger partial charge on any atom is 0.407 e. The number of esters is 1. The van der Waals surface area contributed by atoms with Gasteiger partial charge in [0.05, 0.1) is 18.9 Å². The van der Waals surface area contributed by atoms with E-state index in [0.29, 0.717) is 5.71 Å². The van der Waals surface area contributed by atoms with Gasteiger partial charge in [0.2, 0.25) is 0 Å². The van der Waals surface area contributed by atoms with Crippen molar-refractivity contribution in [1.29, 1.82) is 0 Å². The van der Waals surface area contributed by atoms with E-state index in [-0.39, 0.29) is 5.92 Å². The molecule has 1 amide bonds. The lowest BCUT2D eigenvalue weighted by Crippen LogP contribution is -2.51. The molecule has 2 rings (SSSR count). The minimum absolute atomic E-state index is 0.104. The fourth-order valence-electron chi connectivity index (χ4n) is 3.10. The predicted octanol–water partition coefficient (Wildman–Crippen LogP) is 4.61. The largest absolute Gasteiger partial charge is 0.467 e. The summed E-state index contributed by atoms with van der Waals surface area (Å²) in [5.74, 6) is -0.632. The Labute approximate surface area is 184 Å². The molecule has 0 aromatic heterocycles. The monoisotopic (exact) mass is 424 g/mol. The first kappa shape index (κ1) is 24.1. The molecule has 0 saturated heterocycles. The fraction of sp³-hybridized carbons (Fsp3) is 0.400. The zero-order chi connectivity index (χ0) is 23.0. The van der Waals surface area contributed by atoms with Gasteiger partial charge in [-0.15, -0.1) is 0 Å². The van der Waals surface area contributed by atoms with Gasteiger partial charge in [-0.2, -0.15) is 0 Å². The van der Waals surface area contributed by atoms with Gasteiger partial charge in [0.25, 0.3) is 0 Å². The van der Waals surface area contributed by atoms with Crippen LogP contribution in [0.2, 0.25) is 0 Å². The summed E-state index contributed by atoms with van der Waals surface area (Å²) in [5.41, 5.74) is 1.72. The minimum atomic E-state index is -0.951. The smallest absolute Gasteiger partial charge is 0.407 e. The highest BCUT2D eigenvalue weighted by Crippen LogP contribution is 2.18. The quantitative estimate of drug-likeness (QED) is 0.520. The van der Waals surface area contributed by atoms with Crippen LogP contribution in [-0.4, -0.2) is 42.6 Å². The van der Waals surface area contributed by atoms with Crippen molar-refractivity contribution in [1.82, 2.24) is 5.32 Å². The number of aliphatic imine (C=N–C) groups is 1. The van der Waals surface area contributed by atoms with Crippen LogP contribution in [0.5, 0.6) is 0 Å². The number of alkyl carbamates (subject to hydrolysis) is 1. The number of carbonyl (C=O) groups excluding carboxylic acids is 2. The molecule has 6 nitrogen and oxygen atoms in total. The molecule has 0 bridgehead atoms. The molecular weight excluding hydrogens is 392 g/mol. The molecule has 0 fully saturated rings. The number of amides is 1. The van der Waals surface area contributed by atoms with Gasteiger partial charge in [0, 0.05) is 11.1 Å². The van der Waals surface area contributed by atoms with Crippen molar-refractivity contribution in [2.75, 3.05) is 7.11 Å². The molecule has 1 N–H and O–H groups in total. The van der Waals surface area contributed by atoms with Gasteiger partial charge in [-0.1, -0.05) is 74.5 Å². The Bertz CT molecular complexity index is 845. The van der Waals surface area contributed by atoms with Gasteiger partial charge in [0.15, 0.2) is 6.04 Å². The minimum Gasteiger partial charge on any atom is -0.467 e. The average Bonchev–Trinajstić information content (AvgIpc) is 2.72. The van der Waals surface area contributed by atoms with Gasteiger partial charge < -0.3 is 14.8 Å². The highest BCUT2D eigenvalue weighted by molar-refractivity contribution is 6.13. The number of methoxy groups -OCH3 is 1. The van der Waals surface area contributed by atoms with Crippen LogP contribution < -0.4 is 5.32 Å². The zero-order valence-corrected chi connectivity index (χ0v) is 19.1. The van der Waals surface area contributed by atoms with Crippen LogP contribution in [0, 0.1) is 5.92 Å². The highest BCUT2D eigenvalue weighted by atomic mass is 16.6. The summed E-state index contributed by atoms with van der Waals surface area (Å²) in [4.78, 5) is 30.1. The van der Waals surface area contributed by atoms with Gasteiger partial charge in [-0.3, -0.25) is 4.99 Å². The molecule has 2 aromatic rings. The molecule has 0 unspecified atom stereocenters. The van der Waals surface area contributed by atoms with Crippen molar-refractivity contribution in [2.45, 2.75) is 52.3 Å². The molecule has 0 heterocycles. The molecule has 0 spiro atoms. The van der Waals surface area contributed by atoms with Gasteiger partial charge >= 0.3 is 12.1 Å². The Morgan fingerprint density at radius 3 is 1.77 bits per heavy atom. The maximum atomic E-state index is 12.8. The molecule has 31 heavy (non-hydrogen) atoms. The molecule has 0 aliphatic heterocycles. The first-order chi connectivity index (χ1) is 14.6. The molecule has 6 heteroatoms. The van der Waals surface area contributed by atoms with Crippen LogP contribution >= 0.6 is 0 Å². The third-order valence-electron chi connectivity index (χ3n) is 4.55. The topological polar surface area (TPSA) is 77.0 Å². The van der Waals surface area contributed by atoms with E-state index in [9.17, 15) is 9.59 Å². The van der Waals surface area contributed by atoms with Gasteiger partial charge in [-0.25, -0.2) is 9.59 Å². The van der Waals surface area contributed by atoms with E-state index in [2.05, 4.69) is 5.32 Å². The van der Waals surface area contributed by atoms with E-state index in [1.165, 1.54) is 7.11 Å². The van der Waals surface area contributed by atoms with Crippen LogP contribution in [0.3, 0.4) is 0 Å². The van der Waals surface area contributed by atoms with Crippen LogP contribution in [0.1, 0.15) is 45.7 Å². The first-order valence-corrected chi connectivity index (χ1v) is 10.4. The zero-order valence-electron chi connectivity index (χ0n) is 19.1. The second kappa shape index (κ2) is 10.8. The van der Waals surface area contributed by atoms with Crippen molar-refractivity contribution in [3.05, 3.63) is 71.8 Å². The van der Waals surface area contributed by atoms with E-state index < -0.39 is 29.7 Å². The SMILES string of the molecule is COC(=O)[C@@H](N=C(c1ccccc1)c1ccccc1)[C@H](NC(=O)OC(C)(C)C)C(C)C. The van der Waals surface area contributed by atoms with Crippen molar-refractivity contribution < 1.29 is 19.1 Å². The van der Waals surface area contributed by atoms with Gasteiger partial charge in [-0.05, 0) is 26.7 Å². The van der Waals surface area contributed by atoms with E-state index >= 15 is 0 Å². The third-order valence-corrected chi connectivity index (χ3v) is 4.55. The molecular formula is C25H32N2O4. The highest BCUT2D eigenvalue weighted by Gasteiger charge is 2.34. The molecule has 2 aromatic carbocycles. The molecule has 166 valence electrons. The Morgan fingerprint density at radius 1 is 0.903 bits per heavy atom. The van der Waals surface area contributed by atoms with Crippen molar-refractivity contribution >= 4 is 17.8 Å². The molecule has 0 radical (unpaired) electrons. The summed E-state index contributed by atoms with van der Waals surface area (Å²) in [5, 5.41) is 2.83. The summed E-state index contributed by atoms with van der Waals surface area (Å²) >= 11 is 0. The third kappa shape index (κ3) is 7.24. The standard InChI is InChI=1S/C25H32N2O4/c1-17(2)20(27-24(29)31-25(3,4)5)22(23(28)30-6)26-21(18-13-9-7-10-14-18)19-15-11-8-12-16-19/h7-17,20,22H,1-6H3,(H,27,29)/t20-,22+/m1/s1. The van der Waals surface area contributed by atoms with Crippen molar-refractivity contribution in [3.8, 4) is 0 Å². The summed E-state index contributed by atoms with van der Waals surface area (Å²) in [6.45, 7) is 9.19. The number of carbonyl (C=O) groups is 2. The number of ether oxygens (including phenoxy) is 2. The number of nitrogens with one attached hydrogen (secondary N) is 1. The number of hydrogen-bond acceptors (Lipinski definition) is 5. The predicted molar refractivity (Wildman–Crippen MR) is 122 cm³/mol. The lowest BCUT2D eigenvalue weighted by atomic mass is 9.95. The molecule has 0 saturated carbocycles. The van der Waals surface area contributed by atoms with Crippen LogP contribution in [0.4, 0.5) is 4.79 Å². The average molecular weight is 425 g/mol. The lowest BCUT2D eigenvalue weighted by molar-refractivity contribution is -0.143. The summed E-state index contributed by atoms with van der Waals surface area (Å²) in [7, 11) is 1.32. The van der Waals surface area contributed by atoms with Crippen LogP contribution in [0.15, 0.2) is 65.7 Å². The second-order valence-electron chi connectivity index (χ2n) is 8.59. The fourth-order valence-corrected chi connectivity index (χ4v) is 3.10. The summed E-state index contributed by atoms with van der Waals surface area (Å²) < 4.78 is 10.5. The Balaban J connectivity index is 2.53. The molecule has 2 atom stereocenters. The lowest BCUT2D eigenvalue weighted by Gasteiger charge is -2.29. The molecule has 0 aliphatic carbocycles.